The number of rotatable bonds is 6. The first-order chi connectivity index (χ1) is 5.49. The third-order valence-corrected chi connectivity index (χ3v) is 6.32. The van der Waals surface area contributed by atoms with E-state index in [1.54, 1.807) is 0 Å². The Labute approximate surface area is 81.7 Å². The van der Waals surface area contributed by atoms with Gasteiger partial charge in [-0.15, -0.1) is 0 Å². The second-order valence-corrected chi connectivity index (χ2v) is 13.5. The molecule has 1 nitrogen and oxygen atoms in total. The molecular weight excluding hydrogens is 182 g/mol. The van der Waals surface area contributed by atoms with Crippen LogP contribution in [0.15, 0.2) is 4.99 Å². The SMILES string of the molecule is C=NCCC(CC)S[Si](C)(C)C. The zero-order valence-corrected chi connectivity index (χ0v) is 10.6. The van der Waals surface area contributed by atoms with Crippen LogP contribution in [0.25, 0.3) is 0 Å². The standard InChI is InChI=1S/C9H21NSSi/c1-6-9(7-8-10-2)11-12(3,4)5/h9H,2,6-8H2,1,3-5H3. The van der Waals surface area contributed by atoms with Gasteiger partial charge in [-0.3, -0.25) is 0 Å². The van der Waals surface area contributed by atoms with Gasteiger partial charge in [0, 0.05) is 11.8 Å². The second kappa shape index (κ2) is 5.81. The predicted octanol–water partition coefficient (Wildman–Crippen LogP) is 3.42. The molecule has 1 unspecified atom stereocenters. The van der Waals surface area contributed by atoms with Crippen LogP contribution >= 0.6 is 11.2 Å². The largest absolute Gasteiger partial charge is 0.301 e. The quantitative estimate of drug-likeness (QED) is 0.476. The van der Waals surface area contributed by atoms with Crippen molar-refractivity contribution < 1.29 is 0 Å². The van der Waals surface area contributed by atoms with Gasteiger partial charge in [-0.05, 0) is 19.6 Å². The summed E-state index contributed by atoms with van der Waals surface area (Å²) in [5.41, 5.74) is 0. The van der Waals surface area contributed by atoms with Crippen LogP contribution in [-0.4, -0.2) is 25.7 Å². The molecule has 0 saturated heterocycles. The van der Waals surface area contributed by atoms with E-state index < -0.39 is 7.22 Å². The number of hydrogen-bond donors (Lipinski definition) is 0. The molecule has 0 aromatic carbocycles. The van der Waals surface area contributed by atoms with E-state index in [1.165, 1.54) is 12.8 Å². The average molecular weight is 203 g/mol. The highest BCUT2D eigenvalue weighted by Gasteiger charge is 2.19. The van der Waals surface area contributed by atoms with Gasteiger partial charge in [-0.1, -0.05) is 26.6 Å². The fraction of sp³-hybridized carbons (Fsp3) is 0.889. The fourth-order valence-corrected chi connectivity index (χ4v) is 6.33. The molecule has 0 rings (SSSR count). The summed E-state index contributed by atoms with van der Waals surface area (Å²) in [6.07, 6.45) is 2.47. The van der Waals surface area contributed by atoms with Crippen molar-refractivity contribution in [1.29, 1.82) is 0 Å². The van der Waals surface area contributed by atoms with Crippen LogP contribution in [0.5, 0.6) is 0 Å². The molecule has 72 valence electrons. The second-order valence-electron chi connectivity index (χ2n) is 4.00. The molecule has 0 heterocycles. The Morgan fingerprint density at radius 2 is 2.00 bits per heavy atom. The van der Waals surface area contributed by atoms with E-state index in [0.29, 0.717) is 0 Å². The molecule has 0 N–H and O–H groups in total. The molecule has 0 aromatic heterocycles. The maximum Gasteiger partial charge on any atom is 0.108 e. The van der Waals surface area contributed by atoms with Gasteiger partial charge in [0.2, 0.25) is 0 Å². The Morgan fingerprint density at radius 3 is 2.33 bits per heavy atom. The molecular formula is C9H21NSSi. The molecule has 3 heteroatoms. The highest BCUT2D eigenvalue weighted by Crippen LogP contribution is 2.28. The molecule has 0 radical (unpaired) electrons. The third kappa shape index (κ3) is 6.92. The normalized spacial score (nSPS) is 14.3. The van der Waals surface area contributed by atoms with E-state index in [9.17, 15) is 0 Å². The first-order valence-electron chi connectivity index (χ1n) is 4.60. The van der Waals surface area contributed by atoms with E-state index in [-0.39, 0.29) is 0 Å². The van der Waals surface area contributed by atoms with E-state index in [2.05, 4.69) is 49.5 Å². The summed E-state index contributed by atoms with van der Waals surface area (Å²) < 4.78 is 0. The van der Waals surface area contributed by atoms with Crippen LogP contribution in [0, 0.1) is 0 Å². The van der Waals surface area contributed by atoms with Crippen molar-refractivity contribution in [2.45, 2.75) is 44.7 Å². The Morgan fingerprint density at radius 1 is 1.42 bits per heavy atom. The van der Waals surface area contributed by atoms with Gasteiger partial charge in [0.15, 0.2) is 0 Å². The predicted molar refractivity (Wildman–Crippen MR) is 64.0 cm³/mol. The average Bonchev–Trinajstić information content (AvgIpc) is 1.95. The lowest BCUT2D eigenvalue weighted by atomic mass is 10.2. The molecule has 0 fully saturated rings. The molecule has 1 atom stereocenters. The van der Waals surface area contributed by atoms with Gasteiger partial charge in [-0.2, -0.15) is 11.2 Å². The minimum Gasteiger partial charge on any atom is -0.301 e. The minimum atomic E-state index is -0.937. The Kier molecular flexibility index (Phi) is 5.92. The zero-order chi connectivity index (χ0) is 9.61. The number of hydrogen-bond acceptors (Lipinski definition) is 2. The lowest BCUT2D eigenvalue weighted by Crippen LogP contribution is -2.20. The van der Waals surface area contributed by atoms with Crippen molar-refractivity contribution in [2.75, 3.05) is 6.54 Å². The van der Waals surface area contributed by atoms with Gasteiger partial charge in [-0.25, -0.2) is 0 Å². The molecule has 0 aliphatic heterocycles. The van der Waals surface area contributed by atoms with Gasteiger partial charge >= 0.3 is 0 Å². The van der Waals surface area contributed by atoms with Crippen molar-refractivity contribution in [3.63, 3.8) is 0 Å². The first kappa shape index (κ1) is 12.2. The van der Waals surface area contributed by atoms with Crippen molar-refractivity contribution in [3.8, 4) is 0 Å². The fourth-order valence-electron chi connectivity index (χ4n) is 1.08. The van der Waals surface area contributed by atoms with E-state index >= 15 is 0 Å². The Hall–Kier alpha value is 0.237. The van der Waals surface area contributed by atoms with Crippen LogP contribution in [0.4, 0.5) is 0 Å². The van der Waals surface area contributed by atoms with Crippen LogP contribution in [0.2, 0.25) is 19.6 Å². The maximum absolute atomic E-state index is 3.91. The molecule has 0 aliphatic rings. The van der Waals surface area contributed by atoms with Crippen LogP contribution in [-0.2, 0) is 0 Å². The van der Waals surface area contributed by atoms with Crippen LogP contribution in [0.3, 0.4) is 0 Å². The highest BCUT2D eigenvalue weighted by atomic mass is 32.4. The minimum absolute atomic E-state index is 0.808. The topological polar surface area (TPSA) is 12.4 Å². The Balaban J connectivity index is 3.74. The molecule has 0 aromatic rings. The summed E-state index contributed by atoms with van der Waals surface area (Å²) in [5, 5.41) is 0.808. The summed E-state index contributed by atoms with van der Waals surface area (Å²) in [6.45, 7) is 13.9. The summed E-state index contributed by atoms with van der Waals surface area (Å²) in [7, 11) is -0.937. The van der Waals surface area contributed by atoms with Crippen molar-refractivity contribution in [2.24, 2.45) is 4.99 Å². The molecule has 0 spiro atoms. The molecule has 0 aliphatic carbocycles. The summed E-state index contributed by atoms with van der Waals surface area (Å²) >= 11 is 2.19. The maximum atomic E-state index is 3.91. The molecule has 0 bridgehead atoms. The monoisotopic (exact) mass is 203 g/mol. The van der Waals surface area contributed by atoms with Gasteiger partial charge in [0.05, 0.1) is 0 Å². The number of nitrogens with zero attached hydrogens (tertiary/aromatic N) is 1. The summed E-state index contributed by atoms with van der Waals surface area (Å²) in [4.78, 5) is 3.91. The first-order valence-corrected chi connectivity index (χ1v) is 9.70. The summed E-state index contributed by atoms with van der Waals surface area (Å²) in [6, 6.07) is 0. The molecule has 0 amide bonds. The van der Waals surface area contributed by atoms with Crippen molar-refractivity contribution in [3.05, 3.63) is 0 Å². The van der Waals surface area contributed by atoms with Gasteiger partial charge in [0.1, 0.15) is 7.22 Å². The summed E-state index contributed by atoms with van der Waals surface area (Å²) in [5.74, 6) is 0. The van der Waals surface area contributed by atoms with Gasteiger partial charge in [0.25, 0.3) is 0 Å². The van der Waals surface area contributed by atoms with Crippen LogP contribution < -0.4 is 0 Å². The van der Waals surface area contributed by atoms with E-state index in [4.69, 9.17) is 0 Å². The third-order valence-electron chi connectivity index (χ3n) is 1.58. The zero-order valence-electron chi connectivity index (χ0n) is 8.76. The van der Waals surface area contributed by atoms with Crippen LogP contribution in [0.1, 0.15) is 19.8 Å². The Bertz CT molecular complexity index is 131. The molecule has 0 saturated carbocycles. The van der Waals surface area contributed by atoms with Crippen molar-refractivity contribution >= 4 is 25.2 Å². The van der Waals surface area contributed by atoms with Crippen molar-refractivity contribution in [1.82, 2.24) is 0 Å². The lowest BCUT2D eigenvalue weighted by molar-refractivity contribution is 0.751. The smallest absolute Gasteiger partial charge is 0.108 e. The molecule has 12 heavy (non-hydrogen) atoms. The van der Waals surface area contributed by atoms with Gasteiger partial charge < -0.3 is 4.99 Å². The number of aliphatic imine (C=N–C) groups is 1. The highest BCUT2D eigenvalue weighted by molar-refractivity contribution is 8.29. The van der Waals surface area contributed by atoms with E-state index in [0.717, 1.165) is 11.8 Å². The lowest BCUT2D eigenvalue weighted by Gasteiger charge is -2.22. The van der Waals surface area contributed by atoms with E-state index in [1.807, 2.05) is 0 Å².